The fourth-order valence-electron chi connectivity index (χ4n) is 1.41. The van der Waals surface area contributed by atoms with Gasteiger partial charge in [0.25, 0.3) is 0 Å². The third-order valence-corrected chi connectivity index (χ3v) is 2.50. The van der Waals surface area contributed by atoms with E-state index in [1.54, 1.807) is 18.3 Å². The lowest BCUT2D eigenvalue weighted by atomic mass is 10.1. The third kappa shape index (κ3) is 2.07. The van der Waals surface area contributed by atoms with Crippen molar-refractivity contribution in [3.63, 3.8) is 0 Å². The van der Waals surface area contributed by atoms with Gasteiger partial charge in [0.2, 0.25) is 0 Å². The van der Waals surface area contributed by atoms with Crippen LogP contribution in [0, 0.1) is 0 Å². The van der Waals surface area contributed by atoms with Gasteiger partial charge in [-0.2, -0.15) is 13.2 Å². The molecule has 0 aliphatic carbocycles. The van der Waals surface area contributed by atoms with Crippen molar-refractivity contribution in [2.45, 2.75) is 6.18 Å². The summed E-state index contributed by atoms with van der Waals surface area (Å²) in [6, 6.07) is 6.80. The molecule has 0 fully saturated rings. The van der Waals surface area contributed by atoms with Crippen LogP contribution in [0.2, 0.25) is 5.02 Å². The van der Waals surface area contributed by atoms with Crippen LogP contribution in [0.1, 0.15) is 5.56 Å². The van der Waals surface area contributed by atoms with Crippen LogP contribution in [0.25, 0.3) is 11.3 Å². The van der Waals surface area contributed by atoms with Crippen molar-refractivity contribution in [2.75, 3.05) is 0 Å². The molecule has 1 aromatic carbocycles. The minimum atomic E-state index is -4.36. The average molecular weight is 246 g/mol. The number of nitrogens with one attached hydrogen (secondary N) is 1. The highest BCUT2D eigenvalue weighted by atomic mass is 35.5. The van der Waals surface area contributed by atoms with Gasteiger partial charge in [0, 0.05) is 17.5 Å². The number of hydrogen-bond donors (Lipinski definition) is 1. The molecule has 0 amide bonds. The van der Waals surface area contributed by atoms with Gasteiger partial charge >= 0.3 is 6.18 Å². The van der Waals surface area contributed by atoms with Crippen molar-refractivity contribution in [3.8, 4) is 11.3 Å². The Morgan fingerprint density at radius 1 is 1.12 bits per heavy atom. The first-order chi connectivity index (χ1) is 7.48. The lowest BCUT2D eigenvalue weighted by molar-refractivity contribution is -0.137. The molecular weight excluding hydrogens is 239 g/mol. The zero-order chi connectivity index (χ0) is 11.8. The van der Waals surface area contributed by atoms with Gasteiger partial charge in [-0.1, -0.05) is 17.7 Å². The van der Waals surface area contributed by atoms with Crippen molar-refractivity contribution >= 4 is 11.6 Å². The minimum Gasteiger partial charge on any atom is -0.361 e. The molecule has 0 saturated heterocycles. The van der Waals surface area contributed by atoms with E-state index in [1.807, 2.05) is 0 Å². The van der Waals surface area contributed by atoms with E-state index in [2.05, 4.69) is 4.98 Å². The SMILES string of the molecule is FC(F)(F)c1ccc(-c2ccc[nH]2)c(Cl)c1. The normalized spacial score (nSPS) is 11.8. The lowest BCUT2D eigenvalue weighted by Gasteiger charge is -2.09. The summed E-state index contributed by atoms with van der Waals surface area (Å²) in [4.78, 5) is 2.89. The highest BCUT2D eigenvalue weighted by molar-refractivity contribution is 6.33. The fourth-order valence-corrected chi connectivity index (χ4v) is 1.69. The molecule has 0 saturated carbocycles. The molecule has 1 nitrogen and oxygen atoms in total. The number of benzene rings is 1. The van der Waals surface area contributed by atoms with Crippen LogP contribution in [-0.4, -0.2) is 4.98 Å². The van der Waals surface area contributed by atoms with E-state index in [4.69, 9.17) is 11.6 Å². The number of H-pyrrole nitrogens is 1. The molecule has 1 N–H and O–H groups in total. The first-order valence-corrected chi connectivity index (χ1v) is 4.87. The third-order valence-electron chi connectivity index (χ3n) is 2.18. The topological polar surface area (TPSA) is 15.8 Å². The molecule has 0 radical (unpaired) electrons. The molecule has 16 heavy (non-hydrogen) atoms. The van der Waals surface area contributed by atoms with Crippen LogP contribution < -0.4 is 0 Å². The van der Waals surface area contributed by atoms with Gasteiger partial charge in [-0.05, 0) is 24.3 Å². The van der Waals surface area contributed by atoms with E-state index in [9.17, 15) is 13.2 Å². The second-order valence-corrected chi connectivity index (χ2v) is 3.68. The van der Waals surface area contributed by atoms with Crippen LogP contribution in [0.15, 0.2) is 36.5 Å². The Bertz CT molecular complexity index is 488. The highest BCUT2D eigenvalue weighted by Crippen LogP contribution is 2.34. The van der Waals surface area contributed by atoms with Crippen LogP contribution in [0.4, 0.5) is 13.2 Å². The summed E-state index contributed by atoms with van der Waals surface area (Å²) in [5.41, 5.74) is 0.506. The number of halogens is 4. The van der Waals surface area contributed by atoms with Gasteiger partial charge in [0.05, 0.1) is 10.6 Å². The number of alkyl halides is 3. The van der Waals surface area contributed by atoms with Crippen molar-refractivity contribution < 1.29 is 13.2 Å². The van der Waals surface area contributed by atoms with Crippen LogP contribution >= 0.6 is 11.6 Å². The van der Waals surface area contributed by atoms with Gasteiger partial charge < -0.3 is 4.98 Å². The van der Waals surface area contributed by atoms with Gasteiger partial charge in [0.1, 0.15) is 0 Å². The molecule has 1 aromatic heterocycles. The Hall–Kier alpha value is -1.42. The Morgan fingerprint density at radius 2 is 1.88 bits per heavy atom. The Balaban J connectivity index is 2.46. The number of aromatic amines is 1. The molecule has 2 rings (SSSR count). The fraction of sp³-hybridized carbons (Fsp3) is 0.0909. The van der Waals surface area contributed by atoms with E-state index in [0.717, 1.165) is 12.1 Å². The summed E-state index contributed by atoms with van der Waals surface area (Å²) in [5, 5.41) is 0.0808. The van der Waals surface area contributed by atoms with Gasteiger partial charge in [-0.3, -0.25) is 0 Å². The molecule has 1 heterocycles. The average Bonchev–Trinajstić information content (AvgIpc) is 2.69. The van der Waals surface area contributed by atoms with Crippen molar-refractivity contribution in [1.29, 1.82) is 0 Å². The van der Waals surface area contributed by atoms with E-state index in [-0.39, 0.29) is 5.02 Å². The zero-order valence-corrected chi connectivity index (χ0v) is 8.73. The predicted octanol–water partition coefficient (Wildman–Crippen LogP) is 4.35. The first-order valence-electron chi connectivity index (χ1n) is 4.49. The molecule has 0 aliphatic rings. The molecule has 5 heteroatoms. The second-order valence-electron chi connectivity index (χ2n) is 3.28. The van der Waals surface area contributed by atoms with Gasteiger partial charge in [0.15, 0.2) is 0 Å². The number of rotatable bonds is 1. The quantitative estimate of drug-likeness (QED) is 0.769. The van der Waals surface area contributed by atoms with E-state index in [1.165, 1.54) is 6.07 Å². The molecule has 0 bridgehead atoms. The maximum atomic E-state index is 12.4. The summed E-state index contributed by atoms with van der Waals surface area (Å²) >= 11 is 5.81. The monoisotopic (exact) mass is 245 g/mol. The summed E-state index contributed by atoms with van der Waals surface area (Å²) in [7, 11) is 0. The summed E-state index contributed by atoms with van der Waals surface area (Å²) in [5.74, 6) is 0. The standard InChI is InChI=1S/C11H7ClF3N/c12-9-6-7(11(13,14)15)3-4-8(9)10-2-1-5-16-10/h1-6,16H. The predicted molar refractivity (Wildman–Crippen MR) is 56.2 cm³/mol. The van der Waals surface area contributed by atoms with E-state index >= 15 is 0 Å². The van der Waals surface area contributed by atoms with Crippen LogP contribution in [-0.2, 0) is 6.18 Å². The maximum Gasteiger partial charge on any atom is 0.416 e. The minimum absolute atomic E-state index is 0.0808. The Labute approximate surface area is 94.9 Å². The Morgan fingerprint density at radius 3 is 2.38 bits per heavy atom. The van der Waals surface area contributed by atoms with Gasteiger partial charge in [-0.25, -0.2) is 0 Å². The highest BCUT2D eigenvalue weighted by Gasteiger charge is 2.30. The summed E-state index contributed by atoms with van der Waals surface area (Å²) in [6.45, 7) is 0. The smallest absolute Gasteiger partial charge is 0.361 e. The molecule has 0 spiro atoms. The van der Waals surface area contributed by atoms with E-state index in [0.29, 0.717) is 11.3 Å². The molecule has 0 atom stereocenters. The first kappa shape index (κ1) is 11.1. The van der Waals surface area contributed by atoms with Crippen molar-refractivity contribution in [3.05, 3.63) is 47.1 Å². The molecular formula is C11H7ClF3N. The van der Waals surface area contributed by atoms with Crippen molar-refractivity contribution in [1.82, 2.24) is 4.98 Å². The molecule has 0 aliphatic heterocycles. The molecule has 2 aromatic rings. The maximum absolute atomic E-state index is 12.4. The van der Waals surface area contributed by atoms with Crippen LogP contribution in [0.3, 0.4) is 0 Å². The largest absolute Gasteiger partial charge is 0.416 e. The van der Waals surface area contributed by atoms with Crippen LogP contribution in [0.5, 0.6) is 0 Å². The summed E-state index contributed by atoms with van der Waals surface area (Å²) in [6.07, 6.45) is -2.68. The summed E-state index contributed by atoms with van der Waals surface area (Å²) < 4.78 is 37.1. The Kier molecular flexibility index (Phi) is 2.68. The van der Waals surface area contributed by atoms with Gasteiger partial charge in [-0.15, -0.1) is 0 Å². The lowest BCUT2D eigenvalue weighted by Crippen LogP contribution is -2.04. The zero-order valence-electron chi connectivity index (χ0n) is 7.98. The second kappa shape index (κ2) is 3.87. The number of hydrogen-bond acceptors (Lipinski definition) is 0. The number of aromatic nitrogens is 1. The van der Waals surface area contributed by atoms with Crippen molar-refractivity contribution in [2.24, 2.45) is 0 Å². The molecule has 0 unspecified atom stereocenters. The van der Waals surface area contributed by atoms with E-state index < -0.39 is 11.7 Å². The molecule has 84 valence electrons.